The highest BCUT2D eigenvalue weighted by Gasteiger charge is 2.48. The van der Waals surface area contributed by atoms with E-state index in [4.69, 9.17) is 14.6 Å². The average Bonchev–Trinajstić information content (AvgIpc) is 3.15. The molecule has 0 saturated carbocycles. The minimum Gasteiger partial charge on any atom is -0.478 e. The Morgan fingerprint density at radius 3 is 2.79 bits per heavy atom. The van der Waals surface area contributed by atoms with Crippen LogP contribution in [0, 0.1) is 11.8 Å². The number of carbonyl (C=O) groups is 1. The monoisotopic (exact) mass is 356 g/mol. The number of aliphatic carboxylic acids is 1. The van der Waals surface area contributed by atoms with Gasteiger partial charge in [0.15, 0.2) is 0 Å². The largest absolute Gasteiger partial charge is 0.478 e. The second kappa shape index (κ2) is 11.2. The van der Waals surface area contributed by atoms with Crippen molar-refractivity contribution in [2.24, 2.45) is 11.8 Å². The number of ether oxygens (including phenoxy) is 2. The van der Waals surface area contributed by atoms with Crippen molar-refractivity contribution in [2.75, 3.05) is 24.7 Å². The summed E-state index contributed by atoms with van der Waals surface area (Å²) in [6.07, 6.45) is 12.0. The lowest BCUT2D eigenvalue weighted by atomic mass is 9.81. The first-order valence-electron chi connectivity index (χ1n) is 9.42. The molecule has 1 N–H and O–H groups in total. The second-order valence-corrected chi connectivity index (χ2v) is 8.01. The van der Waals surface area contributed by atoms with Crippen molar-refractivity contribution in [1.82, 2.24) is 0 Å². The molecule has 2 aliphatic heterocycles. The third kappa shape index (κ3) is 6.41. The van der Waals surface area contributed by atoms with Gasteiger partial charge in [-0.05, 0) is 37.2 Å². The SMILES string of the molecule is CCCCCCSC[C@@H]1[C@H](COCC/C=C/C(=O)O)[C@@H]2CC[C@H]1O2. The van der Waals surface area contributed by atoms with Crippen LogP contribution in [0.3, 0.4) is 0 Å². The van der Waals surface area contributed by atoms with Crippen LogP contribution in [0.25, 0.3) is 0 Å². The first-order chi connectivity index (χ1) is 11.7. The summed E-state index contributed by atoms with van der Waals surface area (Å²) in [6, 6.07) is 0. The van der Waals surface area contributed by atoms with Gasteiger partial charge >= 0.3 is 5.97 Å². The van der Waals surface area contributed by atoms with E-state index in [-0.39, 0.29) is 0 Å². The molecule has 0 aromatic carbocycles. The predicted octanol–water partition coefficient (Wildman–Crippen LogP) is 4.14. The number of rotatable bonds is 13. The molecule has 0 spiro atoms. The maximum atomic E-state index is 10.4. The van der Waals surface area contributed by atoms with Crippen LogP contribution in [-0.4, -0.2) is 48.0 Å². The molecular formula is C19H32O4S. The Balaban J connectivity index is 1.63. The van der Waals surface area contributed by atoms with Crippen molar-refractivity contribution in [2.45, 2.75) is 64.1 Å². The van der Waals surface area contributed by atoms with E-state index in [1.807, 2.05) is 0 Å². The Hall–Kier alpha value is -0.520. The van der Waals surface area contributed by atoms with Gasteiger partial charge in [-0.25, -0.2) is 4.79 Å². The molecule has 4 nitrogen and oxygen atoms in total. The maximum absolute atomic E-state index is 10.4. The summed E-state index contributed by atoms with van der Waals surface area (Å²) >= 11 is 2.08. The standard InChI is InChI=1S/C19H32O4S/c1-2-3-4-7-12-24-14-16-15(17-9-10-18(16)23-17)13-22-11-6-5-8-19(20)21/h5,8,15-18H,2-4,6-7,9-14H2,1H3,(H,20,21)/b8-5+/t15-,16+,17-,18+/m0/s1. The molecule has 4 atom stereocenters. The Kier molecular flexibility index (Phi) is 9.21. The van der Waals surface area contributed by atoms with Crippen LogP contribution >= 0.6 is 11.8 Å². The maximum Gasteiger partial charge on any atom is 0.327 e. The molecule has 2 saturated heterocycles. The fraction of sp³-hybridized carbons (Fsp3) is 0.842. The molecule has 24 heavy (non-hydrogen) atoms. The topological polar surface area (TPSA) is 55.8 Å². The van der Waals surface area contributed by atoms with Gasteiger partial charge in [-0.15, -0.1) is 0 Å². The minimum atomic E-state index is -0.896. The molecule has 0 aliphatic carbocycles. The molecule has 2 aliphatic rings. The van der Waals surface area contributed by atoms with Gasteiger partial charge in [-0.1, -0.05) is 32.3 Å². The van der Waals surface area contributed by atoms with Crippen molar-refractivity contribution in [3.8, 4) is 0 Å². The zero-order valence-electron chi connectivity index (χ0n) is 14.8. The normalized spacial score (nSPS) is 28.9. The third-order valence-corrected chi connectivity index (χ3v) is 6.24. The van der Waals surface area contributed by atoms with Crippen LogP contribution in [0.2, 0.25) is 0 Å². The Labute approximate surface area is 150 Å². The molecule has 0 radical (unpaired) electrons. The molecule has 5 heteroatoms. The van der Waals surface area contributed by atoms with E-state index in [9.17, 15) is 4.79 Å². The van der Waals surface area contributed by atoms with Gasteiger partial charge in [0.25, 0.3) is 0 Å². The average molecular weight is 357 g/mol. The van der Waals surface area contributed by atoms with Crippen LogP contribution < -0.4 is 0 Å². The Bertz CT molecular complexity index is 399. The summed E-state index contributed by atoms with van der Waals surface area (Å²) in [5.74, 6) is 2.72. The Morgan fingerprint density at radius 1 is 1.25 bits per heavy atom. The van der Waals surface area contributed by atoms with Gasteiger partial charge in [0.1, 0.15) is 0 Å². The van der Waals surface area contributed by atoms with Gasteiger partial charge in [-0.3, -0.25) is 0 Å². The summed E-state index contributed by atoms with van der Waals surface area (Å²) in [5.41, 5.74) is 0. The fourth-order valence-corrected chi connectivity index (χ4v) is 5.05. The lowest BCUT2D eigenvalue weighted by molar-refractivity contribution is -0.131. The smallest absolute Gasteiger partial charge is 0.327 e. The molecule has 2 heterocycles. The first kappa shape index (κ1) is 19.8. The lowest BCUT2D eigenvalue weighted by Gasteiger charge is -2.27. The van der Waals surface area contributed by atoms with Gasteiger partial charge in [0.05, 0.1) is 25.4 Å². The number of carboxylic acid groups (broad SMARTS) is 1. The molecular weight excluding hydrogens is 324 g/mol. The Morgan fingerprint density at radius 2 is 2.04 bits per heavy atom. The molecule has 0 amide bonds. The fourth-order valence-electron chi connectivity index (χ4n) is 3.74. The molecule has 2 fully saturated rings. The highest BCUT2D eigenvalue weighted by molar-refractivity contribution is 7.99. The third-order valence-electron chi connectivity index (χ3n) is 5.04. The number of unbranched alkanes of at least 4 members (excludes halogenated alkanes) is 3. The second-order valence-electron chi connectivity index (χ2n) is 6.86. The summed E-state index contributed by atoms with van der Waals surface area (Å²) < 4.78 is 11.9. The van der Waals surface area contributed by atoms with Crippen LogP contribution in [0.1, 0.15) is 51.9 Å². The van der Waals surface area contributed by atoms with E-state index in [0.717, 1.165) is 6.61 Å². The van der Waals surface area contributed by atoms with Crippen molar-refractivity contribution >= 4 is 17.7 Å². The lowest BCUT2D eigenvalue weighted by Crippen LogP contribution is -2.32. The molecule has 0 aromatic heterocycles. The highest BCUT2D eigenvalue weighted by atomic mass is 32.2. The molecule has 138 valence electrons. The summed E-state index contributed by atoms with van der Waals surface area (Å²) in [6.45, 7) is 3.60. The van der Waals surface area contributed by atoms with Crippen LogP contribution in [0.5, 0.6) is 0 Å². The van der Waals surface area contributed by atoms with Gasteiger partial charge in [0.2, 0.25) is 0 Å². The van der Waals surface area contributed by atoms with Crippen LogP contribution in [-0.2, 0) is 14.3 Å². The van der Waals surface area contributed by atoms with E-state index in [1.165, 1.54) is 56.1 Å². The quantitative estimate of drug-likeness (QED) is 0.397. The van der Waals surface area contributed by atoms with Crippen molar-refractivity contribution in [1.29, 1.82) is 0 Å². The van der Waals surface area contributed by atoms with Crippen molar-refractivity contribution < 1.29 is 19.4 Å². The first-order valence-corrected chi connectivity index (χ1v) is 10.6. The van der Waals surface area contributed by atoms with E-state index in [0.29, 0.717) is 37.1 Å². The summed E-state index contributed by atoms with van der Waals surface area (Å²) in [7, 11) is 0. The molecule has 2 bridgehead atoms. The summed E-state index contributed by atoms with van der Waals surface area (Å²) in [4.78, 5) is 10.4. The molecule has 2 rings (SSSR count). The van der Waals surface area contributed by atoms with Crippen molar-refractivity contribution in [3.63, 3.8) is 0 Å². The van der Waals surface area contributed by atoms with Crippen LogP contribution in [0.4, 0.5) is 0 Å². The van der Waals surface area contributed by atoms with Gasteiger partial charge in [0, 0.05) is 17.9 Å². The number of fused-ring (bicyclic) bond motifs is 2. The van der Waals surface area contributed by atoms with Crippen molar-refractivity contribution in [3.05, 3.63) is 12.2 Å². The van der Waals surface area contributed by atoms with Gasteiger partial charge < -0.3 is 14.6 Å². The van der Waals surface area contributed by atoms with E-state index >= 15 is 0 Å². The zero-order chi connectivity index (χ0) is 17.2. The number of hydrogen-bond acceptors (Lipinski definition) is 4. The minimum absolute atomic E-state index is 0.384. The highest BCUT2D eigenvalue weighted by Crippen LogP contribution is 2.44. The molecule has 0 unspecified atom stereocenters. The van der Waals surface area contributed by atoms with E-state index < -0.39 is 5.97 Å². The number of hydrogen-bond donors (Lipinski definition) is 1. The predicted molar refractivity (Wildman–Crippen MR) is 98.6 cm³/mol. The van der Waals surface area contributed by atoms with Gasteiger partial charge in [-0.2, -0.15) is 11.8 Å². The number of thioether (sulfide) groups is 1. The molecule has 0 aromatic rings. The summed E-state index contributed by atoms with van der Waals surface area (Å²) in [5, 5.41) is 8.55. The van der Waals surface area contributed by atoms with E-state index in [1.54, 1.807) is 6.08 Å². The van der Waals surface area contributed by atoms with Crippen LogP contribution in [0.15, 0.2) is 12.2 Å². The zero-order valence-corrected chi connectivity index (χ0v) is 15.6. The van der Waals surface area contributed by atoms with E-state index in [2.05, 4.69) is 18.7 Å². The number of carboxylic acids is 1.